The van der Waals surface area contributed by atoms with Crippen molar-refractivity contribution in [3.8, 4) is 0 Å². The van der Waals surface area contributed by atoms with E-state index >= 15 is 0 Å². The van der Waals surface area contributed by atoms with Gasteiger partial charge in [0.15, 0.2) is 0 Å². The third-order valence-corrected chi connectivity index (χ3v) is 10.7. The number of hydrogen-bond donors (Lipinski definition) is 0. The average Bonchev–Trinajstić information content (AvgIpc) is 2.30. The lowest BCUT2D eigenvalue weighted by Gasteiger charge is -2.48. The van der Waals surface area contributed by atoms with E-state index in [0.29, 0.717) is 30.1 Å². The van der Waals surface area contributed by atoms with Crippen LogP contribution in [-0.4, -0.2) is 50.6 Å². The van der Waals surface area contributed by atoms with Crippen LogP contribution >= 0.6 is 15.8 Å². The highest BCUT2D eigenvalue weighted by molar-refractivity contribution is 7.70. The number of rotatable bonds is 10. The zero-order valence-corrected chi connectivity index (χ0v) is 22.8. The Bertz CT molecular complexity index is 453. The second-order valence-corrected chi connectivity index (χ2v) is 15.1. The lowest BCUT2D eigenvalue weighted by Crippen LogP contribution is -2.43. The lowest BCUT2D eigenvalue weighted by molar-refractivity contribution is 0.0509. The van der Waals surface area contributed by atoms with Crippen LogP contribution in [0.25, 0.3) is 0 Å². The Hall–Kier alpha value is 0.500. The van der Waals surface area contributed by atoms with Crippen molar-refractivity contribution in [3.05, 3.63) is 0 Å². The van der Waals surface area contributed by atoms with Gasteiger partial charge in [-0.2, -0.15) is 0 Å². The summed E-state index contributed by atoms with van der Waals surface area (Å²) in [6, 6.07) is 1.35. The molecule has 0 unspecified atom stereocenters. The molecule has 0 aromatic heterocycles. The maximum Gasteiger partial charge on any atom is 0.338 e. The Morgan fingerprint density at radius 3 is 1.11 bits per heavy atom. The van der Waals surface area contributed by atoms with E-state index < -0.39 is 27.0 Å². The second kappa shape index (κ2) is 10.7. The van der Waals surface area contributed by atoms with Gasteiger partial charge >= 0.3 is 7.60 Å². The highest BCUT2D eigenvalue weighted by Gasteiger charge is 2.43. The number of hydrogen-bond acceptors (Lipinski definition) is 5. The number of nitrogens with zero attached hydrogens (tertiary/aromatic N) is 2. The van der Waals surface area contributed by atoms with Crippen molar-refractivity contribution in [2.45, 2.75) is 132 Å². The maximum atomic E-state index is 14.1. The summed E-state index contributed by atoms with van der Waals surface area (Å²) in [7, 11) is -4.23. The second-order valence-electron chi connectivity index (χ2n) is 10.7. The Kier molecular flexibility index (Phi) is 10.9. The highest BCUT2D eigenvalue weighted by Crippen LogP contribution is 2.65. The van der Waals surface area contributed by atoms with Crippen LogP contribution in [0.5, 0.6) is 0 Å². The molecule has 7 heteroatoms. The quantitative estimate of drug-likeness (QED) is 0.334. The molecule has 0 saturated heterocycles. The third kappa shape index (κ3) is 10.0. The van der Waals surface area contributed by atoms with E-state index in [2.05, 4.69) is 64.7 Å². The Morgan fingerprint density at radius 1 is 0.679 bits per heavy atom. The van der Waals surface area contributed by atoms with Crippen LogP contribution in [0.1, 0.15) is 96.9 Å². The normalized spacial score (nSPS) is 14.8. The molecule has 0 amide bonds. The van der Waals surface area contributed by atoms with E-state index in [0.717, 1.165) is 0 Å². The molecule has 0 radical (unpaired) electrons. The molecule has 0 N–H and O–H groups in total. The fraction of sp³-hybridized carbons (Fsp3) is 1.00. The fourth-order valence-corrected chi connectivity index (χ4v) is 10.5. The van der Waals surface area contributed by atoms with Gasteiger partial charge in [-0.15, -0.1) is 0 Å². The minimum absolute atomic E-state index is 0.337. The first-order chi connectivity index (χ1) is 12.3. The Balaban J connectivity index is 6.32. The molecule has 170 valence electrons. The average molecular weight is 439 g/mol. The van der Waals surface area contributed by atoms with E-state index in [1.165, 1.54) is 0 Å². The first-order valence-corrected chi connectivity index (χ1v) is 13.8. The summed E-state index contributed by atoms with van der Waals surface area (Å²) in [4.78, 5) is 0. The van der Waals surface area contributed by atoms with E-state index in [1.807, 2.05) is 41.5 Å². The minimum atomic E-state index is -3.34. The largest absolute Gasteiger partial charge is 0.338 e. The zero-order valence-electron chi connectivity index (χ0n) is 21.0. The molecular weight excluding hydrogens is 390 g/mol. The first-order valence-electron chi connectivity index (χ1n) is 10.6. The summed E-state index contributed by atoms with van der Waals surface area (Å²) >= 11 is 0. The van der Waals surface area contributed by atoms with Gasteiger partial charge < -0.3 is 9.05 Å². The first kappa shape index (κ1) is 28.5. The smallest absolute Gasteiger partial charge is 0.302 e. The molecule has 0 aromatic carbocycles. The lowest BCUT2D eigenvalue weighted by atomic mass is 10.2. The monoisotopic (exact) mass is 438 g/mol. The summed E-state index contributed by atoms with van der Waals surface area (Å²) in [5, 5.41) is 0. The Labute approximate surface area is 177 Å². The molecular formula is C21H48N2O3P2. The molecule has 0 rings (SSSR count). The van der Waals surface area contributed by atoms with E-state index in [4.69, 9.17) is 9.05 Å². The molecule has 0 aliphatic rings. The van der Waals surface area contributed by atoms with Gasteiger partial charge in [-0.1, -0.05) is 0 Å². The molecule has 0 fully saturated rings. The van der Waals surface area contributed by atoms with Gasteiger partial charge in [0.25, 0.3) is 0 Å². The van der Waals surface area contributed by atoms with Crippen LogP contribution < -0.4 is 0 Å². The topological polar surface area (TPSA) is 42.0 Å². The SMILES string of the molecule is CC(C)N(C(C)C)P(CP(=O)(OC(C)(C)C)OC(C)(C)C)N(C(C)C)C(C)C. The van der Waals surface area contributed by atoms with Crippen molar-refractivity contribution in [3.63, 3.8) is 0 Å². The van der Waals surface area contributed by atoms with Crippen molar-refractivity contribution < 1.29 is 13.6 Å². The molecule has 0 atom stereocenters. The van der Waals surface area contributed by atoms with Crippen molar-refractivity contribution in [1.29, 1.82) is 0 Å². The van der Waals surface area contributed by atoms with Gasteiger partial charge in [-0.3, -0.25) is 13.9 Å². The third-order valence-electron chi connectivity index (χ3n) is 3.78. The molecule has 0 spiro atoms. The van der Waals surface area contributed by atoms with Crippen LogP contribution in [-0.2, 0) is 13.6 Å². The van der Waals surface area contributed by atoms with E-state index in [9.17, 15) is 4.57 Å². The van der Waals surface area contributed by atoms with Gasteiger partial charge in [0.1, 0.15) is 0 Å². The predicted octanol–water partition coefficient (Wildman–Crippen LogP) is 7.32. The van der Waals surface area contributed by atoms with E-state index in [-0.39, 0.29) is 0 Å². The van der Waals surface area contributed by atoms with Gasteiger partial charge in [0.2, 0.25) is 0 Å². The van der Waals surface area contributed by atoms with Crippen molar-refractivity contribution in [2.24, 2.45) is 0 Å². The summed E-state index contributed by atoms with van der Waals surface area (Å²) < 4.78 is 31.4. The molecule has 0 saturated carbocycles. The van der Waals surface area contributed by atoms with Crippen LogP contribution in [0.2, 0.25) is 0 Å². The highest BCUT2D eigenvalue weighted by atomic mass is 31.2. The van der Waals surface area contributed by atoms with Crippen molar-refractivity contribution in [2.75, 3.05) is 5.90 Å². The standard InChI is InChI=1S/C21H48N2O3P2/c1-16(2)22(17(3)4)27(23(18(5)6)19(7)8)15-28(24,25-20(9,10)11)26-21(12,13)14/h16-19H,15H2,1-14H3. The van der Waals surface area contributed by atoms with Gasteiger partial charge in [-0.05, 0) is 96.9 Å². The fourth-order valence-electron chi connectivity index (χ4n) is 3.59. The predicted molar refractivity (Wildman–Crippen MR) is 125 cm³/mol. The summed E-state index contributed by atoms with van der Waals surface area (Å²) in [5.41, 5.74) is -1.08. The molecule has 0 heterocycles. The van der Waals surface area contributed by atoms with Crippen LogP contribution in [0, 0.1) is 0 Å². The molecule has 0 aliphatic heterocycles. The summed E-state index contributed by atoms with van der Waals surface area (Å²) in [6.45, 7) is 29.4. The van der Waals surface area contributed by atoms with Crippen molar-refractivity contribution in [1.82, 2.24) is 9.34 Å². The minimum Gasteiger partial charge on any atom is -0.302 e. The maximum absolute atomic E-state index is 14.1. The van der Waals surface area contributed by atoms with Crippen LogP contribution in [0.4, 0.5) is 0 Å². The summed E-state index contributed by atoms with van der Waals surface area (Å²) in [6.07, 6.45) is 0. The van der Waals surface area contributed by atoms with Gasteiger partial charge in [-0.25, -0.2) is 0 Å². The van der Waals surface area contributed by atoms with Crippen LogP contribution in [0.3, 0.4) is 0 Å². The van der Waals surface area contributed by atoms with Gasteiger partial charge in [0, 0.05) is 24.2 Å². The van der Waals surface area contributed by atoms with E-state index in [1.54, 1.807) is 0 Å². The van der Waals surface area contributed by atoms with Gasteiger partial charge in [0.05, 0.1) is 25.3 Å². The molecule has 5 nitrogen and oxygen atoms in total. The van der Waals surface area contributed by atoms with Crippen LogP contribution in [0.15, 0.2) is 0 Å². The molecule has 0 aromatic rings. The zero-order chi connectivity index (χ0) is 22.7. The molecule has 28 heavy (non-hydrogen) atoms. The molecule has 0 bridgehead atoms. The summed E-state index contributed by atoms with van der Waals surface area (Å²) in [5.74, 6) is 0.406. The Morgan fingerprint density at radius 2 is 0.929 bits per heavy atom. The molecule has 0 aliphatic carbocycles. The van der Waals surface area contributed by atoms with Crippen molar-refractivity contribution >= 4 is 15.8 Å².